The predicted molar refractivity (Wildman–Crippen MR) is 123 cm³/mol. The first kappa shape index (κ1) is 20.5. The van der Waals surface area contributed by atoms with E-state index in [1.165, 1.54) is 41.3 Å². The third-order valence-electron chi connectivity index (χ3n) is 5.78. The summed E-state index contributed by atoms with van der Waals surface area (Å²) in [4.78, 5) is 27.6. The van der Waals surface area contributed by atoms with Crippen molar-refractivity contribution in [1.82, 2.24) is 0 Å². The van der Waals surface area contributed by atoms with Gasteiger partial charge in [-0.15, -0.1) is 0 Å². The number of hydrogen-bond donors (Lipinski definition) is 2. The third kappa shape index (κ3) is 3.42. The molecule has 4 aromatic carbocycles. The van der Waals surface area contributed by atoms with E-state index in [2.05, 4.69) is 0 Å². The van der Waals surface area contributed by atoms with Crippen molar-refractivity contribution >= 4 is 33.9 Å². The molecule has 0 aromatic heterocycles. The van der Waals surface area contributed by atoms with Gasteiger partial charge in [0.25, 0.3) is 11.7 Å². The van der Waals surface area contributed by atoms with Crippen LogP contribution in [0, 0.1) is 5.82 Å². The number of aliphatic hydroxyl groups is 1. The molecule has 0 saturated carbocycles. The van der Waals surface area contributed by atoms with Crippen molar-refractivity contribution in [1.29, 1.82) is 0 Å². The van der Waals surface area contributed by atoms with Crippen LogP contribution in [0.5, 0.6) is 5.75 Å². The van der Waals surface area contributed by atoms with E-state index in [0.29, 0.717) is 16.8 Å². The molecule has 0 spiro atoms. The average Bonchev–Trinajstić information content (AvgIpc) is 3.09. The second kappa shape index (κ2) is 7.91. The second-order valence-electron chi connectivity index (χ2n) is 7.77. The number of fused-ring (bicyclic) bond motifs is 1. The van der Waals surface area contributed by atoms with Gasteiger partial charge in [-0.1, -0.05) is 54.6 Å². The topological polar surface area (TPSA) is 77.8 Å². The highest BCUT2D eigenvalue weighted by Gasteiger charge is 2.47. The lowest BCUT2D eigenvalue weighted by Gasteiger charge is -2.25. The van der Waals surface area contributed by atoms with Gasteiger partial charge < -0.3 is 10.2 Å². The van der Waals surface area contributed by atoms with Gasteiger partial charge in [0, 0.05) is 11.3 Å². The molecule has 1 saturated heterocycles. The number of nitrogens with zero attached hydrogens (tertiary/aromatic N) is 1. The van der Waals surface area contributed by atoms with Crippen LogP contribution in [0.3, 0.4) is 0 Å². The van der Waals surface area contributed by atoms with Crippen LogP contribution in [0.1, 0.15) is 17.2 Å². The minimum Gasteiger partial charge on any atom is -0.508 e. The van der Waals surface area contributed by atoms with Crippen LogP contribution in [0.2, 0.25) is 0 Å². The summed E-state index contributed by atoms with van der Waals surface area (Å²) in [7, 11) is 0. The zero-order chi connectivity index (χ0) is 23.1. The van der Waals surface area contributed by atoms with Crippen LogP contribution in [-0.2, 0) is 9.59 Å². The first-order valence-corrected chi connectivity index (χ1v) is 10.3. The fraction of sp³-hybridized carbons (Fsp3) is 0.0370. The van der Waals surface area contributed by atoms with Crippen LogP contribution in [0.4, 0.5) is 10.1 Å². The van der Waals surface area contributed by atoms with E-state index in [9.17, 15) is 24.2 Å². The van der Waals surface area contributed by atoms with E-state index in [-0.39, 0.29) is 17.1 Å². The second-order valence-corrected chi connectivity index (χ2v) is 7.77. The number of phenolic OH excluding ortho intramolecular Hbond substituents is 1. The standard InChI is InChI=1S/C27H18FNO4/c28-18-11-13-19(14-12-18)29-24(17-7-3-8-20(30)15-17)23(26(32)27(29)33)25(31)22-10-4-6-16-5-1-2-9-21(16)22/h1-15,24,30-31H/b25-23-. The van der Waals surface area contributed by atoms with Gasteiger partial charge in [-0.05, 0) is 52.7 Å². The predicted octanol–water partition coefficient (Wildman–Crippen LogP) is 5.31. The SMILES string of the molecule is O=C1C(=O)N(c2ccc(F)cc2)C(c2cccc(O)c2)/C1=C(/O)c1cccc2ccccc12. The first-order valence-electron chi connectivity index (χ1n) is 10.3. The van der Waals surface area contributed by atoms with Crippen molar-refractivity contribution in [3.63, 3.8) is 0 Å². The maximum atomic E-state index is 13.5. The molecule has 5 rings (SSSR count). The summed E-state index contributed by atoms with van der Waals surface area (Å²) < 4.78 is 13.5. The number of ketones is 1. The summed E-state index contributed by atoms with van der Waals surface area (Å²) in [6, 6.07) is 23.0. The van der Waals surface area contributed by atoms with Gasteiger partial charge in [-0.2, -0.15) is 0 Å². The molecule has 5 nitrogen and oxygen atoms in total. The molecule has 162 valence electrons. The lowest BCUT2D eigenvalue weighted by molar-refractivity contribution is -0.132. The van der Waals surface area contributed by atoms with Crippen molar-refractivity contribution < 1.29 is 24.2 Å². The quantitative estimate of drug-likeness (QED) is 0.258. The summed E-state index contributed by atoms with van der Waals surface area (Å²) in [5.74, 6) is -2.57. The molecule has 1 atom stereocenters. The van der Waals surface area contributed by atoms with Crippen LogP contribution in [0.15, 0.2) is 96.6 Å². The highest BCUT2D eigenvalue weighted by atomic mass is 19.1. The number of aliphatic hydroxyl groups excluding tert-OH is 1. The van der Waals surface area contributed by atoms with Gasteiger partial charge in [0.1, 0.15) is 17.3 Å². The largest absolute Gasteiger partial charge is 0.508 e. The molecular weight excluding hydrogens is 421 g/mol. The number of phenols is 1. The number of aromatic hydroxyl groups is 1. The minimum absolute atomic E-state index is 0.0534. The zero-order valence-corrected chi connectivity index (χ0v) is 17.3. The van der Waals surface area contributed by atoms with Gasteiger partial charge in [-0.25, -0.2) is 4.39 Å². The summed E-state index contributed by atoms with van der Waals surface area (Å²) >= 11 is 0. The first-order chi connectivity index (χ1) is 16.0. The van der Waals surface area contributed by atoms with E-state index < -0.39 is 23.5 Å². The number of benzene rings is 4. The van der Waals surface area contributed by atoms with E-state index in [1.807, 2.05) is 30.3 Å². The normalized spacial score (nSPS) is 17.6. The van der Waals surface area contributed by atoms with E-state index in [4.69, 9.17) is 0 Å². The molecule has 0 aliphatic carbocycles. The van der Waals surface area contributed by atoms with E-state index in [1.54, 1.807) is 24.3 Å². The molecule has 1 unspecified atom stereocenters. The molecule has 0 bridgehead atoms. The number of carbonyl (C=O) groups excluding carboxylic acids is 2. The number of carbonyl (C=O) groups is 2. The van der Waals surface area contributed by atoms with Crippen LogP contribution in [-0.4, -0.2) is 21.9 Å². The average molecular weight is 439 g/mol. The van der Waals surface area contributed by atoms with Gasteiger partial charge >= 0.3 is 0 Å². The fourth-order valence-corrected chi connectivity index (χ4v) is 4.29. The fourth-order valence-electron chi connectivity index (χ4n) is 4.29. The molecule has 0 radical (unpaired) electrons. The Morgan fingerprint density at radius 2 is 1.55 bits per heavy atom. The number of hydrogen-bond acceptors (Lipinski definition) is 4. The summed E-state index contributed by atoms with van der Waals surface area (Å²) in [6.07, 6.45) is 0. The monoisotopic (exact) mass is 439 g/mol. The van der Waals surface area contributed by atoms with Gasteiger partial charge in [0.05, 0.1) is 11.6 Å². The van der Waals surface area contributed by atoms with Crippen LogP contribution < -0.4 is 4.90 Å². The number of amides is 1. The van der Waals surface area contributed by atoms with Gasteiger partial charge in [0.15, 0.2) is 0 Å². The Morgan fingerprint density at radius 3 is 2.30 bits per heavy atom. The Morgan fingerprint density at radius 1 is 0.848 bits per heavy atom. The molecule has 4 aromatic rings. The van der Waals surface area contributed by atoms with Crippen molar-refractivity contribution in [2.24, 2.45) is 0 Å². The number of halogens is 1. The highest BCUT2D eigenvalue weighted by Crippen LogP contribution is 2.43. The van der Waals surface area contributed by atoms with E-state index >= 15 is 0 Å². The molecule has 1 aliphatic heterocycles. The lowest BCUT2D eigenvalue weighted by atomic mass is 9.93. The smallest absolute Gasteiger partial charge is 0.300 e. The zero-order valence-electron chi connectivity index (χ0n) is 17.3. The van der Waals surface area contributed by atoms with Gasteiger partial charge in [0.2, 0.25) is 0 Å². The number of anilines is 1. The Balaban J connectivity index is 1.78. The van der Waals surface area contributed by atoms with Crippen molar-refractivity contribution in [2.45, 2.75) is 6.04 Å². The summed E-state index contributed by atoms with van der Waals surface area (Å²) in [6.45, 7) is 0. The molecule has 1 fully saturated rings. The molecular formula is C27H18FNO4. The molecule has 33 heavy (non-hydrogen) atoms. The molecule has 2 N–H and O–H groups in total. The number of rotatable bonds is 3. The Hall–Kier alpha value is -4.45. The van der Waals surface area contributed by atoms with E-state index in [0.717, 1.165) is 10.8 Å². The number of Topliss-reactive ketones (excluding diaryl/α,β-unsaturated/α-hetero) is 1. The summed E-state index contributed by atoms with van der Waals surface area (Å²) in [5.41, 5.74) is 1.03. The lowest BCUT2D eigenvalue weighted by Crippen LogP contribution is -2.29. The third-order valence-corrected chi connectivity index (χ3v) is 5.78. The van der Waals surface area contributed by atoms with Crippen LogP contribution in [0.25, 0.3) is 16.5 Å². The molecule has 1 amide bonds. The molecule has 1 aliphatic rings. The highest BCUT2D eigenvalue weighted by molar-refractivity contribution is 6.51. The van der Waals surface area contributed by atoms with Crippen molar-refractivity contribution in [3.8, 4) is 5.75 Å². The Bertz CT molecular complexity index is 1440. The Labute approximate surface area is 188 Å². The Kier molecular flexibility index (Phi) is 4.90. The van der Waals surface area contributed by atoms with Gasteiger partial charge in [-0.3, -0.25) is 14.5 Å². The molecule has 6 heteroatoms. The summed E-state index contributed by atoms with van der Waals surface area (Å²) in [5, 5.41) is 23.0. The maximum absolute atomic E-state index is 13.5. The van der Waals surface area contributed by atoms with Crippen LogP contribution >= 0.6 is 0 Å². The maximum Gasteiger partial charge on any atom is 0.300 e. The molecule has 1 heterocycles. The van der Waals surface area contributed by atoms with Crippen molar-refractivity contribution in [3.05, 3.63) is 114 Å². The van der Waals surface area contributed by atoms with Crippen molar-refractivity contribution in [2.75, 3.05) is 4.90 Å². The minimum atomic E-state index is -1.01.